The second-order valence-corrected chi connectivity index (χ2v) is 4.80. The summed E-state index contributed by atoms with van der Waals surface area (Å²) in [5, 5.41) is 0. The molecule has 13 heavy (non-hydrogen) atoms. The summed E-state index contributed by atoms with van der Waals surface area (Å²) in [6.45, 7) is 7.19. The van der Waals surface area contributed by atoms with E-state index >= 15 is 0 Å². The maximum atomic E-state index is 5.61. The molecule has 0 fully saturated rings. The Bertz CT molecular complexity index is 107. The molecule has 0 aromatic heterocycles. The molecule has 0 aromatic carbocycles. The minimum atomic E-state index is 0.0239. The fourth-order valence-electron chi connectivity index (χ4n) is 1.11. The molecule has 0 aromatic rings. The van der Waals surface area contributed by atoms with Crippen LogP contribution in [0, 0.1) is 0 Å². The molecule has 0 radical (unpaired) electrons. The Morgan fingerprint density at radius 1 is 0.923 bits per heavy atom. The summed E-state index contributed by atoms with van der Waals surface area (Å²) in [6.07, 6.45) is 6.16. The van der Waals surface area contributed by atoms with Gasteiger partial charge in [0.25, 0.3) is 0 Å². The lowest BCUT2D eigenvalue weighted by atomic mass is 10.1. The van der Waals surface area contributed by atoms with Gasteiger partial charge in [-0.15, -0.1) is 11.6 Å². The average molecular weight is 207 g/mol. The van der Waals surface area contributed by atoms with Crippen molar-refractivity contribution >= 4 is 11.6 Å². The van der Waals surface area contributed by atoms with Crippen molar-refractivity contribution in [1.82, 2.24) is 0 Å². The van der Waals surface area contributed by atoms with Crippen LogP contribution in [-0.2, 0) is 4.74 Å². The molecular formula is C11H23ClO. The SMILES string of the molecule is CC(C)(C)OCCCCCCCCl. The zero-order valence-electron chi connectivity index (χ0n) is 9.24. The van der Waals surface area contributed by atoms with Crippen LogP contribution >= 0.6 is 11.6 Å². The van der Waals surface area contributed by atoms with Gasteiger partial charge < -0.3 is 4.74 Å². The molecule has 0 saturated carbocycles. The largest absolute Gasteiger partial charge is 0.376 e. The highest BCUT2D eigenvalue weighted by atomic mass is 35.5. The first kappa shape index (κ1) is 13.2. The maximum absolute atomic E-state index is 5.61. The van der Waals surface area contributed by atoms with Crippen LogP contribution in [-0.4, -0.2) is 18.1 Å². The van der Waals surface area contributed by atoms with Gasteiger partial charge in [-0.05, 0) is 33.6 Å². The first-order chi connectivity index (χ1) is 6.06. The molecule has 0 rings (SSSR count). The zero-order valence-corrected chi connectivity index (χ0v) is 9.99. The smallest absolute Gasteiger partial charge is 0.0598 e. The van der Waals surface area contributed by atoms with Gasteiger partial charge in [-0.2, -0.15) is 0 Å². The Balaban J connectivity index is 3.00. The Hall–Kier alpha value is 0.250. The van der Waals surface area contributed by atoms with Gasteiger partial charge >= 0.3 is 0 Å². The molecule has 0 heterocycles. The van der Waals surface area contributed by atoms with Crippen molar-refractivity contribution < 1.29 is 4.74 Å². The van der Waals surface area contributed by atoms with E-state index in [1.54, 1.807) is 0 Å². The number of hydrogen-bond acceptors (Lipinski definition) is 1. The molecule has 0 aliphatic carbocycles. The van der Waals surface area contributed by atoms with E-state index in [2.05, 4.69) is 20.8 Å². The molecule has 0 atom stereocenters. The van der Waals surface area contributed by atoms with Gasteiger partial charge in [0, 0.05) is 12.5 Å². The number of ether oxygens (including phenoxy) is 1. The monoisotopic (exact) mass is 206 g/mol. The Kier molecular flexibility index (Phi) is 7.78. The first-order valence-electron chi connectivity index (χ1n) is 5.26. The van der Waals surface area contributed by atoms with Crippen molar-refractivity contribution in [2.24, 2.45) is 0 Å². The molecule has 80 valence electrons. The standard InChI is InChI=1S/C11H23ClO/c1-11(2,3)13-10-8-6-4-5-7-9-12/h4-10H2,1-3H3. The fraction of sp³-hybridized carbons (Fsp3) is 1.00. The van der Waals surface area contributed by atoms with Crippen LogP contribution in [0.25, 0.3) is 0 Å². The highest BCUT2D eigenvalue weighted by Gasteiger charge is 2.08. The lowest BCUT2D eigenvalue weighted by Gasteiger charge is -2.19. The highest BCUT2D eigenvalue weighted by Crippen LogP contribution is 2.09. The van der Waals surface area contributed by atoms with Crippen LogP contribution in [0.3, 0.4) is 0 Å². The summed E-state index contributed by atoms with van der Waals surface area (Å²) in [5.41, 5.74) is 0.0239. The normalized spacial score (nSPS) is 12.0. The Morgan fingerprint density at radius 3 is 2.00 bits per heavy atom. The number of alkyl halides is 1. The van der Waals surface area contributed by atoms with E-state index in [0.717, 1.165) is 18.9 Å². The van der Waals surface area contributed by atoms with E-state index in [1.807, 2.05) is 0 Å². The maximum Gasteiger partial charge on any atom is 0.0598 e. The molecule has 0 saturated heterocycles. The molecule has 0 unspecified atom stereocenters. The summed E-state index contributed by atoms with van der Waals surface area (Å²) in [4.78, 5) is 0. The predicted molar refractivity (Wildman–Crippen MR) is 59.5 cm³/mol. The van der Waals surface area contributed by atoms with E-state index in [9.17, 15) is 0 Å². The second-order valence-electron chi connectivity index (χ2n) is 4.42. The number of unbranched alkanes of at least 4 members (excludes halogenated alkanes) is 4. The lowest BCUT2D eigenvalue weighted by molar-refractivity contribution is -0.00473. The summed E-state index contributed by atoms with van der Waals surface area (Å²) < 4.78 is 5.61. The van der Waals surface area contributed by atoms with E-state index in [-0.39, 0.29) is 5.60 Å². The van der Waals surface area contributed by atoms with Gasteiger partial charge in [0.2, 0.25) is 0 Å². The van der Waals surface area contributed by atoms with Crippen molar-refractivity contribution in [3.05, 3.63) is 0 Å². The van der Waals surface area contributed by atoms with Crippen molar-refractivity contribution in [2.75, 3.05) is 12.5 Å². The van der Waals surface area contributed by atoms with Crippen LogP contribution < -0.4 is 0 Å². The number of hydrogen-bond donors (Lipinski definition) is 0. The topological polar surface area (TPSA) is 9.23 Å². The van der Waals surface area contributed by atoms with Gasteiger partial charge in [0.15, 0.2) is 0 Å². The molecule has 0 N–H and O–H groups in total. The quantitative estimate of drug-likeness (QED) is 0.452. The average Bonchev–Trinajstić information content (AvgIpc) is 2.01. The van der Waals surface area contributed by atoms with Crippen molar-refractivity contribution in [2.45, 2.75) is 58.5 Å². The van der Waals surface area contributed by atoms with Crippen LogP contribution in [0.1, 0.15) is 52.9 Å². The van der Waals surface area contributed by atoms with E-state index in [1.165, 1.54) is 25.7 Å². The summed E-state index contributed by atoms with van der Waals surface area (Å²) >= 11 is 5.58. The summed E-state index contributed by atoms with van der Waals surface area (Å²) in [6, 6.07) is 0. The third-order valence-electron chi connectivity index (χ3n) is 1.81. The molecule has 0 bridgehead atoms. The number of rotatable bonds is 7. The van der Waals surface area contributed by atoms with Gasteiger partial charge in [-0.25, -0.2) is 0 Å². The minimum Gasteiger partial charge on any atom is -0.376 e. The van der Waals surface area contributed by atoms with Gasteiger partial charge in [-0.1, -0.05) is 19.3 Å². The highest BCUT2D eigenvalue weighted by molar-refractivity contribution is 6.17. The van der Waals surface area contributed by atoms with E-state index < -0.39 is 0 Å². The molecular weight excluding hydrogens is 184 g/mol. The van der Waals surface area contributed by atoms with Crippen LogP contribution in [0.2, 0.25) is 0 Å². The molecule has 0 amide bonds. The van der Waals surface area contributed by atoms with Crippen molar-refractivity contribution in [3.63, 3.8) is 0 Å². The fourth-order valence-corrected chi connectivity index (χ4v) is 1.29. The number of halogens is 1. The van der Waals surface area contributed by atoms with E-state index in [0.29, 0.717) is 0 Å². The molecule has 0 aliphatic heterocycles. The van der Waals surface area contributed by atoms with Crippen LogP contribution in [0.15, 0.2) is 0 Å². The third kappa shape index (κ3) is 12.2. The summed E-state index contributed by atoms with van der Waals surface area (Å²) in [5.74, 6) is 0.804. The van der Waals surface area contributed by atoms with Crippen molar-refractivity contribution in [1.29, 1.82) is 0 Å². The lowest BCUT2D eigenvalue weighted by Crippen LogP contribution is -2.19. The predicted octanol–water partition coefficient (Wildman–Crippen LogP) is 3.99. The van der Waals surface area contributed by atoms with E-state index in [4.69, 9.17) is 16.3 Å². The van der Waals surface area contributed by atoms with Gasteiger partial charge in [0.05, 0.1) is 5.60 Å². The van der Waals surface area contributed by atoms with Gasteiger partial charge in [0.1, 0.15) is 0 Å². The van der Waals surface area contributed by atoms with Gasteiger partial charge in [-0.3, -0.25) is 0 Å². The molecule has 0 aliphatic rings. The molecule has 2 heteroatoms. The first-order valence-corrected chi connectivity index (χ1v) is 5.79. The van der Waals surface area contributed by atoms with Crippen molar-refractivity contribution in [3.8, 4) is 0 Å². The Labute approximate surface area is 87.8 Å². The van der Waals surface area contributed by atoms with Crippen LogP contribution in [0.4, 0.5) is 0 Å². The zero-order chi connectivity index (χ0) is 10.2. The van der Waals surface area contributed by atoms with Crippen LogP contribution in [0.5, 0.6) is 0 Å². The summed E-state index contributed by atoms with van der Waals surface area (Å²) in [7, 11) is 0. The minimum absolute atomic E-state index is 0.0239. The third-order valence-corrected chi connectivity index (χ3v) is 2.08. The molecule has 1 nitrogen and oxygen atoms in total. The second kappa shape index (κ2) is 7.64. The Morgan fingerprint density at radius 2 is 1.46 bits per heavy atom. The molecule has 0 spiro atoms.